The summed E-state index contributed by atoms with van der Waals surface area (Å²) >= 11 is 0. The molecule has 2 heterocycles. The number of likely N-dealkylation sites (N-methyl/N-ethyl adjacent to an activating group) is 1. The molecule has 0 aromatic carbocycles. The average Bonchev–Trinajstić information content (AvgIpc) is 2.41. The van der Waals surface area contributed by atoms with Gasteiger partial charge in [-0.25, -0.2) is 0 Å². The Hall–Kier alpha value is -1.33. The molecule has 5 nitrogen and oxygen atoms in total. The second kappa shape index (κ2) is 7.09. The summed E-state index contributed by atoms with van der Waals surface area (Å²) in [6.07, 6.45) is 4.09. The molecule has 5 heteroatoms. The van der Waals surface area contributed by atoms with E-state index in [-0.39, 0.29) is 11.2 Å². The van der Waals surface area contributed by atoms with E-state index in [1.165, 1.54) is 12.8 Å². The van der Waals surface area contributed by atoms with Crippen molar-refractivity contribution in [1.29, 1.82) is 0 Å². The van der Waals surface area contributed by atoms with E-state index in [1.807, 2.05) is 18.7 Å². The highest BCUT2D eigenvalue weighted by Crippen LogP contribution is 2.18. The molecule has 0 bridgehead atoms. The zero-order valence-corrected chi connectivity index (χ0v) is 13.4. The van der Waals surface area contributed by atoms with Crippen LogP contribution in [-0.2, 0) is 13.1 Å². The standard InChI is InChI=1S/C16H27N3O2/c1-13-5-4-6-18(10-13)11-14-9-15(20)16(21)12-19(14)8-7-17(2)3/h9,12-13,21H,4-8,10-11H2,1-3H3. The summed E-state index contributed by atoms with van der Waals surface area (Å²) in [6.45, 7) is 6.90. The van der Waals surface area contributed by atoms with Gasteiger partial charge >= 0.3 is 0 Å². The molecule has 1 saturated heterocycles. The zero-order chi connectivity index (χ0) is 15.4. The number of aromatic hydroxyl groups is 1. The van der Waals surface area contributed by atoms with Crippen LogP contribution < -0.4 is 5.43 Å². The average molecular weight is 293 g/mol. The van der Waals surface area contributed by atoms with Crippen LogP contribution in [-0.4, -0.2) is 53.2 Å². The second-order valence-electron chi connectivity index (χ2n) is 6.49. The van der Waals surface area contributed by atoms with Gasteiger partial charge in [-0.3, -0.25) is 9.69 Å². The number of pyridine rings is 1. The van der Waals surface area contributed by atoms with Crippen molar-refractivity contribution in [3.63, 3.8) is 0 Å². The van der Waals surface area contributed by atoms with Crippen LogP contribution in [0.25, 0.3) is 0 Å². The fourth-order valence-corrected chi connectivity index (χ4v) is 2.91. The molecule has 1 aromatic rings. The minimum absolute atomic E-state index is 0.162. The van der Waals surface area contributed by atoms with Gasteiger partial charge in [-0.2, -0.15) is 0 Å². The summed E-state index contributed by atoms with van der Waals surface area (Å²) in [5.41, 5.74) is 0.713. The molecule has 118 valence electrons. The Balaban J connectivity index is 2.15. The van der Waals surface area contributed by atoms with Crippen molar-refractivity contribution in [2.45, 2.75) is 32.9 Å². The molecule has 1 fully saturated rings. The van der Waals surface area contributed by atoms with Gasteiger partial charge in [0.1, 0.15) is 0 Å². The molecule has 1 unspecified atom stereocenters. The predicted octanol–water partition coefficient (Wildman–Crippen LogP) is 1.35. The lowest BCUT2D eigenvalue weighted by Crippen LogP contribution is -2.35. The van der Waals surface area contributed by atoms with Crippen molar-refractivity contribution in [2.24, 2.45) is 5.92 Å². The number of rotatable bonds is 5. The van der Waals surface area contributed by atoms with Crippen LogP contribution in [0.1, 0.15) is 25.5 Å². The predicted molar refractivity (Wildman–Crippen MR) is 84.6 cm³/mol. The van der Waals surface area contributed by atoms with Crippen LogP contribution in [0.4, 0.5) is 0 Å². The molecule has 1 aliphatic rings. The van der Waals surface area contributed by atoms with Crippen molar-refractivity contribution in [2.75, 3.05) is 33.7 Å². The zero-order valence-electron chi connectivity index (χ0n) is 13.4. The monoisotopic (exact) mass is 293 g/mol. The Labute approximate surface area is 126 Å². The van der Waals surface area contributed by atoms with Crippen LogP contribution in [0, 0.1) is 5.92 Å². The van der Waals surface area contributed by atoms with Crippen LogP contribution in [0.2, 0.25) is 0 Å². The van der Waals surface area contributed by atoms with Crippen LogP contribution in [0.5, 0.6) is 5.75 Å². The normalized spacial score (nSPS) is 20.1. The van der Waals surface area contributed by atoms with Crippen LogP contribution in [0.15, 0.2) is 17.1 Å². The molecule has 2 rings (SSSR count). The lowest BCUT2D eigenvalue weighted by atomic mass is 10.0. The Kier molecular flexibility index (Phi) is 5.42. The van der Waals surface area contributed by atoms with Gasteiger partial charge in [0, 0.05) is 37.9 Å². The molecule has 1 atom stereocenters. The molecule has 1 N–H and O–H groups in total. The first kappa shape index (κ1) is 16.0. The third kappa shape index (κ3) is 4.58. The highest BCUT2D eigenvalue weighted by atomic mass is 16.3. The number of aromatic nitrogens is 1. The van der Waals surface area contributed by atoms with E-state index in [0.717, 1.165) is 44.3 Å². The van der Waals surface area contributed by atoms with E-state index in [2.05, 4.69) is 16.7 Å². The summed E-state index contributed by atoms with van der Waals surface area (Å²) < 4.78 is 2.01. The fraction of sp³-hybridized carbons (Fsp3) is 0.688. The Morgan fingerprint density at radius 2 is 2.19 bits per heavy atom. The minimum atomic E-state index is -0.281. The maximum Gasteiger partial charge on any atom is 0.223 e. The van der Waals surface area contributed by atoms with Gasteiger partial charge in [-0.15, -0.1) is 0 Å². The third-order valence-electron chi connectivity index (χ3n) is 4.11. The first-order valence-electron chi connectivity index (χ1n) is 7.75. The summed E-state index contributed by atoms with van der Waals surface area (Å²) in [5.74, 6) is 0.558. The summed E-state index contributed by atoms with van der Waals surface area (Å²) in [7, 11) is 4.04. The molecule has 1 aromatic heterocycles. The lowest BCUT2D eigenvalue weighted by Gasteiger charge is -2.31. The van der Waals surface area contributed by atoms with E-state index in [4.69, 9.17) is 0 Å². The SMILES string of the molecule is CC1CCCN(Cc2cc(=O)c(O)cn2CCN(C)C)C1. The first-order valence-corrected chi connectivity index (χ1v) is 7.75. The van der Waals surface area contributed by atoms with Crippen molar-refractivity contribution >= 4 is 0 Å². The molecule has 0 saturated carbocycles. The maximum atomic E-state index is 11.7. The van der Waals surface area contributed by atoms with Crippen LogP contribution >= 0.6 is 0 Å². The van der Waals surface area contributed by atoms with Crippen molar-refractivity contribution in [3.8, 4) is 5.75 Å². The highest BCUT2D eigenvalue weighted by Gasteiger charge is 2.18. The Bertz CT molecular complexity index is 525. The molecule has 1 aliphatic heterocycles. The molecular formula is C16H27N3O2. The van der Waals surface area contributed by atoms with E-state index >= 15 is 0 Å². The Morgan fingerprint density at radius 1 is 1.43 bits per heavy atom. The summed E-state index contributed by atoms with van der Waals surface area (Å²) in [5, 5.41) is 9.68. The molecule has 0 spiro atoms. The fourth-order valence-electron chi connectivity index (χ4n) is 2.91. The van der Waals surface area contributed by atoms with Gasteiger partial charge in [0.05, 0.1) is 6.20 Å². The van der Waals surface area contributed by atoms with Gasteiger partial charge in [0.2, 0.25) is 5.43 Å². The topological polar surface area (TPSA) is 48.7 Å². The first-order chi connectivity index (χ1) is 9.95. The van der Waals surface area contributed by atoms with Gasteiger partial charge < -0.3 is 14.6 Å². The smallest absolute Gasteiger partial charge is 0.223 e. The Morgan fingerprint density at radius 3 is 2.86 bits per heavy atom. The molecule has 0 amide bonds. The molecule has 21 heavy (non-hydrogen) atoms. The summed E-state index contributed by atoms with van der Waals surface area (Å²) in [6, 6.07) is 1.59. The van der Waals surface area contributed by atoms with Crippen LogP contribution in [0.3, 0.4) is 0 Å². The maximum absolute atomic E-state index is 11.7. The van der Waals surface area contributed by atoms with Crippen molar-refractivity contribution < 1.29 is 5.11 Å². The lowest BCUT2D eigenvalue weighted by molar-refractivity contribution is 0.172. The van der Waals surface area contributed by atoms with Crippen molar-refractivity contribution in [1.82, 2.24) is 14.4 Å². The summed E-state index contributed by atoms with van der Waals surface area (Å²) in [4.78, 5) is 16.3. The van der Waals surface area contributed by atoms with E-state index in [1.54, 1.807) is 12.3 Å². The quantitative estimate of drug-likeness (QED) is 0.890. The molecule has 0 aliphatic carbocycles. The third-order valence-corrected chi connectivity index (χ3v) is 4.11. The van der Waals surface area contributed by atoms with Gasteiger partial charge in [0.15, 0.2) is 5.75 Å². The second-order valence-corrected chi connectivity index (χ2v) is 6.49. The van der Waals surface area contributed by atoms with Gasteiger partial charge in [-0.05, 0) is 39.4 Å². The number of nitrogens with zero attached hydrogens (tertiary/aromatic N) is 3. The van der Waals surface area contributed by atoms with E-state index in [0.29, 0.717) is 0 Å². The number of likely N-dealkylation sites (tertiary alicyclic amines) is 1. The van der Waals surface area contributed by atoms with Gasteiger partial charge in [-0.1, -0.05) is 6.92 Å². The minimum Gasteiger partial charge on any atom is -0.503 e. The largest absolute Gasteiger partial charge is 0.503 e. The van der Waals surface area contributed by atoms with E-state index in [9.17, 15) is 9.90 Å². The van der Waals surface area contributed by atoms with E-state index < -0.39 is 0 Å². The number of piperidine rings is 1. The molecule has 0 radical (unpaired) electrons. The van der Waals surface area contributed by atoms with Gasteiger partial charge in [0.25, 0.3) is 0 Å². The number of hydrogen-bond acceptors (Lipinski definition) is 4. The number of hydrogen-bond donors (Lipinski definition) is 1. The molecular weight excluding hydrogens is 266 g/mol. The highest BCUT2D eigenvalue weighted by molar-refractivity contribution is 5.20. The van der Waals surface area contributed by atoms with Crippen molar-refractivity contribution in [3.05, 3.63) is 28.2 Å².